The molecule has 0 aliphatic carbocycles. The fraction of sp³-hybridized carbons (Fsp3) is 0.522. The molecule has 0 heterocycles. The van der Waals surface area contributed by atoms with E-state index in [2.05, 4.69) is 26.6 Å². The van der Waals surface area contributed by atoms with E-state index in [1.807, 2.05) is 6.07 Å². The first kappa shape index (κ1) is 29.1. The molecule has 11 heteroatoms. The Kier molecular flexibility index (Phi) is 12.3. The Hall–Kier alpha value is -2.95. The minimum Gasteiger partial charge on any atom is -0.458 e. The highest BCUT2D eigenvalue weighted by Gasteiger charge is 2.30. The van der Waals surface area contributed by atoms with Gasteiger partial charge in [0.05, 0.1) is 5.33 Å². The molecule has 4 N–H and O–H groups in total. The summed E-state index contributed by atoms with van der Waals surface area (Å²) < 4.78 is 10.5. The van der Waals surface area contributed by atoms with Crippen molar-refractivity contribution >= 4 is 45.6 Å². The van der Waals surface area contributed by atoms with Crippen LogP contribution in [0, 0.1) is 0 Å². The van der Waals surface area contributed by atoms with Gasteiger partial charge in [0.15, 0.2) is 0 Å². The number of Topliss-reactive ketones (excluding diaryl/α,β-unsaturated/α-hetero) is 1. The van der Waals surface area contributed by atoms with Gasteiger partial charge >= 0.3 is 12.1 Å². The van der Waals surface area contributed by atoms with Crippen LogP contribution in [-0.4, -0.2) is 52.7 Å². The van der Waals surface area contributed by atoms with E-state index in [-0.39, 0.29) is 43.4 Å². The second kappa shape index (κ2) is 14.3. The van der Waals surface area contributed by atoms with E-state index in [0.29, 0.717) is 0 Å². The lowest BCUT2D eigenvalue weighted by Gasteiger charge is -2.26. The summed E-state index contributed by atoms with van der Waals surface area (Å²) in [6.07, 6.45) is -1.14. The van der Waals surface area contributed by atoms with Crippen LogP contribution in [0.5, 0.6) is 0 Å². The summed E-state index contributed by atoms with van der Waals surface area (Å²) >= 11 is 3.06. The van der Waals surface area contributed by atoms with Gasteiger partial charge in [-0.25, -0.2) is 9.59 Å². The molecule has 0 aliphatic heterocycles. The molecule has 1 aromatic rings. The lowest BCUT2D eigenvalue weighted by Crippen LogP contribution is -2.53. The molecule has 0 aromatic heterocycles. The summed E-state index contributed by atoms with van der Waals surface area (Å²) in [5.41, 5.74) is 5.12. The van der Waals surface area contributed by atoms with Crippen molar-refractivity contribution in [2.24, 2.45) is 5.73 Å². The van der Waals surface area contributed by atoms with Crippen molar-refractivity contribution in [2.75, 3.05) is 5.33 Å². The molecule has 0 fully saturated rings. The van der Waals surface area contributed by atoms with Crippen molar-refractivity contribution in [3.05, 3.63) is 35.9 Å². The normalized spacial score (nSPS) is 12.7. The Bertz CT molecular complexity index is 856. The molecule has 0 bridgehead atoms. The minimum absolute atomic E-state index is 0.00603. The summed E-state index contributed by atoms with van der Waals surface area (Å²) in [6.45, 7) is 5.00. The maximum Gasteiger partial charge on any atom is 0.408 e. The lowest BCUT2D eigenvalue weighted by molar-refractivity contribution is -0.159. The van der Waals surface area contributed by atoms with Crippen LogP contribution in [0.15, 0.2) is 30.3 Å². The fourth-order valence-corrected chi connectivity index (χ4v) is 3.01. The van der Waals surface area contributed by atoms with Gasteiger partial charge in [-0.1, -0.05) is 46.3 Å². The number of rotatable bonds is 13. The van der Waals surface area contributed by atoms with Gasteiger partial charge in [-0.3, -0.25) is 14.4 Å². The predicted octanol–water partition coefficient (Wildman–Crippen LogP) is 2.12. The molecule has 2 atom stereocenters. The standard InChI is InChI=1S/C23H32BrN3O7/c1-23(2,3)34-21(31)18(10-9-16(28)13-24)26-20(30)17(11-12-19(25)29)27-22(32)33-14-15-7-5-4-6-8-15/h4-8,17-18H,9-14H2,1-3H3,(H2,25,29)(H,26,30)(H,27,32)/t17-,18-/m0/s1. The molecule has 1 aromatic carbocycles. The molecule has 3 amide bonds. The zero-order valence-electron chi connectivity index (χ0n) is 19.6. The van der Waals surface area contributed by atoms with E-state index in [1.165, 1.54) is 0 Å². The van der Waals surface area contributed by atoms with Crippen molar-refractivity contribution in [2.45, 2.75) is 70.7 Å². The van der Waals surface area contributed by atoms with Gasteiger partial charge in [0.25, 0.3) is 0 Å². The molecule has 0 unspecified atom stereocenters. The number of carbonyl (C=O) groups excluding carboxylic acids is 5. The molecule has 0 spiro atoms. The zero-order valence-corrected chi connectivity index (χ0v) is 21.2. The number of nitrogens with two attached hydrogens (primary N) is 1. The number of amides is 3. The van der Waals surface area contributed by atoms with Gasteiger partial charge < -0.3 is 25.8 Å². The average Bonchev–Trinajstić information content (AvgIpc) is 2.76. The number of halogens is 1. The Morgan fingerprint density at radius 1 is 0.971 bits per heavy atom. The Morgan fingerprint density at radius 3 is 2.15 bits per heavy atom. The first-order valence-electron chi connectivity index (χ1n) is 10.8. The van der Waals surface area contributed by atoms with Gasteiger partial charge in [-0.2, -0.15) is 0 Å². The second-order valence-corrected chi connectivity index (χ2v) is 9.13. The molecule has 188 valence electrons. The molecule has 1 rings (SSSR count). The molecular formula is C23H32BrN3O7. The number of hydrogen-bond donors (Lipinski definition) is 3. The summed E-state index contributed by atoms with van der Waals surface area (Å²) in [6, 6.07) is 6.60. The number of esters is 1. The second-order valence-electron chi connectivity index (χ2n) is 8.57. The summed E-state index contributed by atoms with van der Waals surface area (Å²) in [5, 5.41) is 5.03. The van der Waals surface area contributed by atoms with E-state index >= 15 is 0 Å². The van der Waals surface area contributed by atoms with Gasteiger partial charge in [0.1, 0.15) is 30.1 Å². The monoisotopic (exact) mass is 541 g/mol. The highest BCUT2D eigenvalue weighted by atomic mass is 79.9. The van der Waals surface area contributed by atoms with Crippen molar-refractivity contribution in [3.8, 4) is 0 Å². The number of carbonyl (C=O) groups is 5. The Labute approximate surface area is 207 Å². The average molecular weight is 542 g/mol. The van der Waals surface area contributed by atoms with Crippen molar-refractivity contribution < 1.29 is 33.4 Å². The third kappa shape index (κ3) is 12.3. The van der Waals surface area contributed by atoms with E-state index in [1.54, 1.807) is 45.0 Å². The smallest absolute Gasteiger partial charge is 0.408 e. The number of ether oxygens (including phenoxy) is 2. The van der Waals surface area contributed by atoms with E-state index in [0.717, 1.165) is 5.56 Å². The van der Waals surface area contributed by atoms with Gasteiger partial charge in [-0.15, -0.1) is 0 Å². The molecular weight excluding hydrogens is 510 g/mol. The summed E-state index contributed by atoms with van der Waals surface area (Å²) in [5.74, 6) is -2.27. The van der Waals surface area contributed by atoms with E-state index < -0.39 is 41.6 Å². The topological polar surface area (TPSA) is 154 Å². The van der Waals surface area contributed by atoms with Crippen LogP contribution >= 0.6 is 15.9 Å². The molecule has 0 saturated carbocycles. The number of benzene rings is 1. The third-order valence-corrected chi connectivity index (χ3v) is 4.99. The van der Waals surface area contributed by atoms with Crippen LogP contribution in [0.2, 0.25) is 0 Å². The molecule has 34 heavy (non-hydrogen) atoms. The SMILES string of the molecule is CC(C)(C)OC(=O)[C@H](CCC(=O)CBr)NC(=O)[C@H](CCC(N)=O)NC(=O)OCc1ccccc1. The van der Waals surface area contributed by atoms with Crippen LogP contribution < -0.4 is 16.4 Å². The van der Waals surface area contributed by atoms with Gasteiger partial charge in [-0.05, 0) is 39.2 Å². The number of nitrogens with one attached hydrogen (secondary N) is 2. The Balaban J connectivity index is 2.88. The van der Waals surface area contributed by atoms with Crippen molar-refractivity contribution in [1.29, 1.82) is 0 Å². The highest BCUT2D eigenvalue weighted by molar-refractivity contribution is 9.09. The summed E-state index contributed by atoms with van der Waals surface area (Å²) in [7, 11) is 0. The number of hydrogen-bond acceptors (Lipinski definition) is 7. The first-order valence-corrected chi connectivity index (χ1v) is 11.9. The van der Waals surface area contributed by atoms with Crippen LogP contribution in [-0.2, 0) is 35.3 Å². The predicted molar refractivity (Wildman–Crippen MR) is 128 cm³/mol. The van der Waals surface area contributed by atoms with Crippen molar-refractivity contribution in [1.82, 2.24) is 10.6 Å². The minimum atomic E-state index is -1.20. The Morgan fingerprint density at radius 2 is 1.59 bits per heavy atom. The van der Waals surface area contributed by atoms with E-state index in [9.17, 15) is 24.0 Å². The summed E-state index contributed by atoms with van der Waals surface area (Å²) in [4.78, 5) is 60.8. The lowest BCUT2D eigenvalue weighted by atomic mass is 10.1. The van der Waals surface area contributed by atoms with Gasteiger partial charge in [0.2, 0.25) is 11.8 Å². The third-order valence-electron chi connectivity index (χ3n) is 4.37. The molecule has 0 saturated heterocycles. The van der Waals surface area contributed by atoms with Crippen molar-refractivity contribution in [3.63, 3.8) is 0 Å². The van der Waals surface area contributed by atoms with Crippen LogP contribution in [0.25, 0.3) is 0 Å². The van der Waals surface area contributed by atoms with E-state index in [4.69, 9.17) is 15.2 Å². The number of alkyl halides is 1. The highest BCUT2D eigenvalue weighted by Crippen LogP contribution is 2.12. The van der Waals surface area contributed by atoms with Crippen LogP contribution in [0.4, 0.5) is 4.79 Å². The first-order chi connectivity index (χ1) is 15.9. The molecule has 0 radical (unpaired) electrons. The molecule has 10 nitrogen and oxygen atoms in total. The van der Waals surface area contributed by atoms with Crippen LogP contribution in [0.3, 0.4) is 0 Å². The maximum atomic E-state index is 12.9. The number of ketones is 1. The maximum absolute atomic E-state index is 12.9. The zero-order chi connectivity index (χ0) is 25.7. The largest absolute Gasteiger partial charge is 0.458 e. The quantitative estimate of drug-likeness (QED) is 0.255. The van der Waals surface area contributed by atoms with Crippen LogP contribution in [0.1, 0.15) is 52.0 Å². The fourth-order valence-electron chi connectivity index (χ4n) is 2.73. The van der Waals surface area contributed by atoms with Gasteiger partial charge in [0, 0.05) is 12.8 Å². The number of primary amides is 1. The molecule has 0 aliphatic rings. The number of alkyl carbamates (subject to hydrolysis) is 1.